The molecule has 4 aromatic rings. The molecule has 3 aromatic carbocycles. The Hall–Kier alpha value is -3.08. The van der Waals surface area contributed by atoms with Crippen LogP contribution in [0.4, 0.5) is 0 Å². The molecule has 1 heterocycles. The van der Waals surface area contributed by atoms with E-state index in [1.54, 1.807) is 12.1 Å². The highest BCUT2D eigenvalue weighted by Gasteiger charge is 2.24. The van der Waals surface area contributed by atoms with Gasteiger partial charge in [-0.05, 0) is 81.5 Å². The van der Waals surface area contributed by atoms with Crippen molar-refractivity contribution < 1.29 is 13.9 Å². The third-order valence-corrected chi connectivity index (χ3v) is 6.28. The lowest BCUT2D eigenvalue weighted by atomic mass is 9.95. The molecule has 0 fully saturated rings. The maximum Gasteiger partial charge on any atom is 0.197 e. The summed E-state index contributed by atoms with van der Waals surface area (Å²) in [6, 6.07) is 19.0. The summed E-state index contributed by atoms with van der Waals surface area (Å²) >= 11 is 6.29. The molecule has 0 aliphatic heterocycles. The van der Waals surface area contributed by atoms with Gasteiger partial charge >= 0.3 is 0 Å². The Morgan fingerprint density at radius 1 is 0.941 bits per heavy atom. The Bertz CT molecular complexity index is 1280. The van der Waals surface area contributed by atoms with Crippen LogP contribution < -0.4 is 4.74 Å². The van der Waals surface area contributed by atoms with Gasteiger partial charge < -0.3 is 14.1 Å². The Kier molecular flexibility index (Phi) is 7.40. The van der Waals surface area contributed by atoms with Gasteiger partial charge in [-0.3, -0.25) is 4.79 Å². The molecule has 4 nitrogen and oxygen atoms in total. The summed E-state index contributed by atoms with van der Waals surface area (Å²) < 4.78 is 12.1. The fourth-order valence-electron chi connectivity index (χ4n) is 4.28. The molecule has 0 aliphatic rings. The number of hydrogen-bond donors (Lipinski definition) is 0. The van der Waals surface area contributed by atoms with Gasteiger partial charge in [0, 0.05) is 28.1 Å². The van der Waals surface area contributed by atoms with E-state index in [9.17, 15) is 4.79 Å². The molecular formula is C29H30ClNO3. The molecule has 0 saturated heterocycles. The minimum Gasteiger partial charge on any atom is -0.492 e. The lowest BCUT2D eigenvalue weighted by Gasteiger charge is -2.18. The fraction of sp³-hybridized carbons (Fsp3) is 0.276. The second-order valence-corrected chi connectivity index (χ2v) is 8.99. The Labute approximate surface area is 206 Å². The zero-order valence-electron chi connectivity index (χ0n) is 20.2. The standard InChI is InChI=1S/C29H30ClNO3/c1-5-31(6-2)13-14-33-24-10-7-21(8-11-24)29-27(25-18-23(30)9-12-26(25)34-29)28(32)22-16-19(3)15-20(4)17-22/h7-12,15-18H,5-6,13-14H2,1-4H3. The number of halogens is 1. The molecule has 0 amide bonds. The molecule has 0 saturated carbocycles. The van der Waals surface area contributed by atoms with Crippen molar-refractivity contribution in [3.05, 3.63) is 87.9 Å². The number of rotatable bonds is 9. The maximum atomic E-state index is 13.7. The Balaban J connectivity index is 1.69. The van der Waals surface area contributed by atoms with Gasteiger partial charge in [-0.25, -0.2) is 0 Å². The van der Waals surface area contributed by atoms with Gasteiger partial charge in [0.15, 0.2) is 5.78 Å². The summed E-state index contributed by atoms with van der Waals surface area (Å²) in [6.07, 6.45) is 0. The number of nitrogens with zero attached hydrogens (tertiary/aromatic N) is 1. The normalized spacial score (nSPS) is 11.4. The van der Waals surface area contributed by atoms with Crippen molar-refractivity contribution in [1.82, 2.24) is 4.90 Å². The van der Waals surface area contributed by atoms with Crippen LogP contribution in [0, 0.1) is 13.8 Å². The fourth-order valence-corrected chi connectivity index (χ4v) is 4.46. The van der Waals surface area contributed by atoms with Crippen molar-refractivity contribution in [2.45, 2.75) is 27.7 Å². The third-order valence-electron chi connectivity index (χ3n) is 6.05. The van der Waals surface area contributed by atoms with Crippen molar-refractivity contribution in [3.63, 3.8) is 0 Å². The predicted octanol–water partition coefficient (Wildman–Crippen LogP) is 7.32. The van der Waals surface area contributed by atoms with Crippen LogP contribution in [0.15, 0.2) is 65.1 Å². The molecule has 0 N–H and O–H groups in total. The zero-order valence-corrected chi connectivity index (χ0v) is 20.9. The molecule has 0 unspecified atom stereocenters. The van der Waals surface area contributed by atoms with E-state index < -0.39 is 0 Å². The highest BCUT2D eigenvalue weighted by molar-refractivity contribution is 6.32. The number of fused-ring (bicyclic) bond motifs is 1. The number of ether oxygens (including phenoxy) is 1. The van der Waals surface area contributed by atoms with E-state index in [2.05, 4.69) is 24.8 Å². The van der Waals surface area contributed by atoms with Gasteiger partial charge in [0.25, 0.3) is 0 Å². The molecule has 176 valence electrons. The molecule has 0 spiro atoms. The summed E-state index contributed by atoms with van der Waals surface area (Å²) in [5.41, 5.74) is 4.70. The van der Waals surface area contributed by atoms with E-state index in [0.29, 0.717) is 39.5 Å². The van der Waals surface area contributed by atoms with Crippen LogP contribution in [-0.2, 0) is 0 Å². The van der Waals surface area contributed by atoms with Gasteiger partial charge in [0.2, 0.25) is 0 Å². The summed E-state index contributed by atoms with van der Waals surface area (Å²) in [4.78, 5) is 16.0. The summed E-state index contributed by atoms with van der Waals surface area (Å²) in [7, 11) is 0. The third kappa shape index (κ3) is 5.19. The number of hydrogen-bond acceptors (Lipinski definition) is 4. The van der Waals surface area contributed by atoms with E-state index in [4.69, 9.17) is 20.8 Å². The smallest absolute Gasteiger partial charge is 0.197 e. The number of benzene rings is 3. The SMILES string of the molecule is CCN(CC)CCOc1ccc(-c2oc3ccc(Cl)cc3c2C(=O)c2cc(C)cc(C)c2)cc1. The van der Waals surface area contributed by atoms with Crippen molar-refractivity contribution in [3.8, 4) is 17.1 Å². The summed E-state index contributed by atoms with van der Waals surface area (Å²) in [5.74, 6) is 1.25. The highest BCUT2D eigenvalue weighted by atomic mass is 35.5. The minimum absolute atomic E-state index is 0.0811. The monoisotopic (exact) mass is 475 g/mol. The number of furan rings is 1. The average Bonchev–Trinajstić information content (AvgIpc) is 3.19. The summed E-state index contributed by atoms with van der Waals surface area (Å²) in [6.45, 7) is 11.8. The van der Waals surface area contributed by atoms with Crippen LogP contribution in [0.25, 0.3) is 22.3 Å². The second kappa shape index (κ2) is 10.5. The van der Waals surface area contributed by atoms with E-state index in [-0.39, 0.29) is 5.78 Å². The van der Waals surface area contributed by atoms with E-state index in [1.165, 1.54) is 0 Å². The molecule has 0 atom stereocenters. The van der Waals surface area contributed by atoms with Gasteiger partial charge in [-0.15, -0.1) is 0 Å². The molecule has 5 heteroatoms. The number of carbonyl (C=O) groups is 1. The first-order valence-corrected chi connectivity index (χ1v) is 12.1. The number of aryl methyl sites for hydroxylation is 2. The number of ketones is 1. The van der Waals surface area contributed by atoms with Crippen LogP contribution >= 0.6 is 11.6 Å². The van der Waals surface area contributed by atoms with Crippen LogP contribution in [0.1, 0.15) is 40.9 Å². The molecule has 4 rings (SSSR count). The average molecular weight is 476 g/mol. The van der Waals surface area contributed by atoms with E-state index >= 15 is 0 Å². The quantitative estimate of drug-likeness (QED) is 0.238. The molecule has 0 radical (unpaired) electrons. The van der Waals surface area contributed by atoms with Crippen LogP contribution in [0.5, 0.6) is 5.75 Å². The first-order valence-electron chi connectivity index (χ1n) is 11.7. The van der Waals surface area contributed by atoms with Crippen LogP contribution in [0.2, 0.25) is 5.02 Å². The van der Waals surface area contributed by atoms with Crippen LogP contribution in [-0.4, -0.2) is 36.9 Å². The van der Waals surface area contributed by atoms with Crippen molar-refractivity contribution >= 4 is 28.4 Å². The first-order chi connectivity index (χ1) is 16.4. The van der Waals surface area contributed by atoms with Gasteiger partial charge in [0.05, 0.1) is 5.56 Å². The van der Waals surface area contributed by atoms with E-state index in [1.807, 2.05) is 56.3 Å². The largest absolute Gasteiger partial charge is 0.492 e. The predicted molar refractivity (Wildman–Crippen MR) is 139 cm³/mol. The van der Waals surface area contributed by atoms with E-state index in [0.717, 1.165) is 42.1 Å². The number of likely N-dealkylation sites (N-methyl/N-ethyl adjacent to an activating group) is 1. The molecule has 0 aliphatic carbocycles. The lowest BCUT2D eigenvalue weighted by molar-refractivity contribution is 0.104. The van der Waals surface area contributed by atoms with Crippen LogP contribution in [0.3, 0.4) is 0 Å². The molecule has 0 bridgehead atoms. The molecule has 34 heavy (non-hydrogen) atoms. The van der Waals surface area contributed by atoms with Crippen molar-refractivity contribution in [2.75, 3.05) is 26.2 Å². The summed E-state index contributed by atoms with van der Waals surface area (Å²) in [5, 5.41) is 1.28. The molecule has 1 aromatic heterocycles. The Morgan fingerprint density at radius 2 is 1.62 bits per heavy atom. The minimum atomic E-state index is -0.0811. The van der Waals surface area contributed by atoms with Gasteiger partial charge in [-0.2, -0.15) is 0 Å². The maximum absolute atomic E-state index is 13.7. The topological polar surface area (TPSA) is 42.7 Å². The molecular weight excluding hydrogens is 446 g/mol. The van der Waals surface area contributed by atoms with Crippen molar-refractivity contribution in [2.24, 2.45) is 0 Å². The lowest BCUT2D eigenvalue weighted by Crippen LogP contribution is -2.27. The van der Waals surface area contributed by atoms with Gasteiger partial charge in [-0.1, -0.05) is 42.6 Å². The van der Waals surface area contributed by atoms with Crippen molar-refractivity contribution in [1.29, 1.82) is 0 Å². The second-order valence-electron chi connectivity index (χ2n) is 8.55. The zero-order chi connectivity index (χ0) is 24.2. The Morgan fingerprint density at radius 3 is 2.26 bits per heavy atom. The first kappa shape index (κ1) is 24.1. The number of carbonyl (C=O) groups excluding carboxylic acids is 1. The van der Waals surface area contributed by atoms with Gasteiger partial charge in [0.1, 0.15) is 23.7 Å². The highest BCUT2D eigenvalue weighted by Crippen LogP contribution is 2.37.